The Hall–Kier alpha value is -0.120. The number of aliphatic hydroxyl groups is 1. The molecule has 1 N–H and O–H groups in total. The van der Waals surface area contributed by atoms with Crippen LogP contribution in [0.25, 0.3) is 0 Å². The van der Waals surface area contributed by atoms with Crippen molar-refractivity contribution in [2.24, 2.45) is 5.41 Å². The fourth-order valence-electron chi connectivity index (χ4n) is 1.61. The number of aliphatic hydroxyl groups excluding tert-OH is 1. The molecule has 0 rings (SSSR count). The molecule has 0 heterocycles. The Kier molecular flexibility index (Phi) is 7.98. The number of hydrogen-bond acceptors (Lipinski definition) is 3. The van der Waals surface area contributed by atoms with Gasteiger partial charge in [0, 0.05) is 18.6 Å². The molecule has 1 atom stereocenters. The first-order valence-corrected chi connectivity index (χ1v) is 6.41. The second-order valence-corrected chi connectivity index (χ2v) is 4.82. The van der Waals surface area contributed by atoms with Gasteiger partial charge in [-0.15, -0.1) is 0 Å². The molecule has 0 bridgehead atoms. The lowest BCUT2D eigenvalue weighted by atomic mass is 9.84. The summed E-state index contributed by atoms with van der Waals surface area (Å²) in [5, 5.41) is 9.99. The van der Waals surface area contributed by atoms with Gasteiger partial charge in [-0.05, 0) is 19.3 Å². The van der Waals surface area contributed by atoms with Crippen LogP contribution < -0.4 is 0 Å². The summed E-state index contributed by atoms with van der Waals surface area (Å²) in [4.78, 5) is 0. The highest BCUT2D eigenvalue weighted by Gasteiger charge is 2.37. The van der Waals surface area contributed by atoms with Crippen molar-refractivity contribution in [2.75, 3.05) is 13.2 Å². The molecule has 0 aliphatic carbocycles. The van der Waals surface area contributed by atoms with E-state index in [0.717, 1.165) is 12.8 Å². The molecule has 0 aliphatic rings. The standard InChI is InChI=1S/C13H28O3/c1-6-9-15-12(16-10-7-2)13(4,5)11(14)8-3/h11-12,14H,6-10H2,1-5H3. The first-order chi connectivity index (χ1) is 7.50. The molecule has 0 saturated heterocycles. The Balaban J connectivity index is 4.44. The summed E-state index contributed by atoms with van der Waals surface area (Å²) >= 11 is 0. The monoisotopic (exact) mass is 232 g/mol. The van der Waals surface area contributed by atoms with Crippen molar-refractivity contribution >= 4 is 0 Å². The lowest BCUT2D eigenvalue weighted by Crippen LogP contribution is -2.43. The maximum atomic E-state index is 9.99. The molecule has 16 heavy (non-hydrogen) atoms. The minimum absolute atomic E-state index is 0.317. The SMILES string of the molecule is CCCOC(OCCC)C(C)(C)C(O)CC. The number of rotatable bonds is 9. The Labute approximate surface area is 100 Å². The van der Waals surface area contributed by atoms with Crippen LogP contribution in [0.1, 0.15) is 53.9 Å². The predicted octanol–water partition coefficient (Wildman–Crippen LogP) is 2.96. The predicted molar refractivity (Wildman–Crippen MR) is 66.4 cm³/mol. The van der Waals surface area contributed by atoms with Crippen LogP contribution in [-0.2, 0) is 9.47 Å². The highest BCUT2D eigenvalue weighted by atomic mass is 16.7. The van der Waals surface area contributed by atoms with Gasteiger partial charge in [-0.2, -0.15) is 0 Å². The van der Waals surface area contributed by atoms with Crippen LogP contribution in [0.4, 0.5) is 0 Å². The van der Waals surface area contributed by atoms with E-state index in [9.17, 15) is 5.11 Å². The molecule has 0 fully saturated rings. The largest absolute Gasteiger partial charge is 0.392 e. The summed E-state index contributed by atoms with van der Waals surface area (Å²) in [6.45, 7) is 11.5. The molecule has 3 heteroatoms. The molecular formula is C13H28O3. The Morgan fingerprint density at radius 2 is 1.44 bits per heavy atom. The average Bonchev–Trinajstić information content (AvgIpc) is 2.27. The molecule has 0 aromatic heterocycles. The van der Waals surface area contributed by atoms with Gasteiger partial charge in [-0.3, -0.25) is 0 Å². The van der Waals surface area contributed by atoms with Crippen LogP contribution in [0.15, 0.2) is 0 Å². The molecule has 0 aromatic rings. The van der Waals surface area contributed by atoms with Crippen molar-refractivity contribution < 1.29 is 14.6 Å². The average molecular weight is 232 g/mol. The summed E-state index contributed by atoms with van der Waals surface area (Å²) in [6, 6.07) is 0. The van der Waals surface area contributed by atoms with Crippen molar-refractivity contribution in [1.82, 2.24) is 0 Å². The number of hydrogen-bond donors (Lipinski definition) is 1. The first kappa shape index (κ1) is 15.9. The molecule has 98 valence electrons. The van der Waals surface area contributed by atoms with Gasteiger partial charge in [-0.1, -0.05) is 34.6 Å². The molecule has 0 saturated carbocycles. The van der Waals surface area contributed by atoms with Gasteiger partial charge in [0.2, 0.25) is 0 Å². The van der Waals surface area contributed by atoms with Crippen molar-refractivity contribution in [3.8, 4) is 0 Å². The van der Waals surface area contributed by atoms with Crippen molar-refractivity contribution in [1.29, 1.82) is 0 Å². The Morgan fingerprint density at radius 1 is 1.00 bits per heavy atom. The maximum absolute atomic E-state index is 9.99. The summed E-state index contributed by atoms with van der Waals surface area (Å²) in [5.74, 6) is 0. The van der Waals surface area contributed by atoms with E-state index in [2.05, 4.69) is 13.8 Å². The van der Waals surface area contributed by atoms with E-state index in [0.29, 0.717) is 19.6 Å². The van der Waals surface area contributed by atoms with Gasteiger partial charge in [0.15, 0.2) is 6.29 Å². The minimum atomic E-state index is -0.397. The third kappa shape index (κ3) is 4.81. The van der Waals surface area contributed by atoms with E-state index in [4.69, 9.17) is 9.47 Å². The smallest absolute Gasteiger partial charge is 0.165 e. The second kappa shape index (κ2) is 8.04. The highest BCUT2D eigenvalue weighted by Crippen LogP contribution is 2.30. The minimum Gasteiger partial charge on any atom is -0.392 e. The van der Waals surface area contributed by atoms with Crippen LogP contribution in [0, 0.1) is 5.41 Å². The lowest BCUT2D eigenvalue weighted by molar-refractivity contribution is -0.223. The zero-order chi connectivity index (χ0) is 12.6. The Morgan fingerprint density at radius 3 is 1.75 bits per heavy atom. The van der Waals surface area contributed by atoms with E-state index >= 15 is 0 Å². The molecule has 0 radical (unpaired) electrons. The quantitative estimate of drug-likeness (QED) is 0.621. The van der Waals surface area contributed by atoms with Crippen LogP contribution in [0.2, 0.25) is 0 Å². The molecule has 0 amide bonds. The van der Waals surface area contributed by atoms with Gasteiger partial charge >= 0.3 is 0 Å². The zero-order valence-electron chi connectivity index (χ0n) is 11.5. The van der Waals surface area contributed by atoms with Gasteiger partial charge < -0.3 is 14.6 Å². The van der Waals surface area contributed by atoms with E-state index in [1.54, 1.807) is 0 Å². The van der Waals surface area contributed by atoms with Gasteiger partial charge in [0.05, 0.1) is 6.10 Å². The summed E-state index contributed by atoms with van der Waals surface area (Å²) in [5.41, 5.74) is -0.362. The summed E-state index contributed by atoms with van der Waals surface area (Å²) < 4.78 is 11.4. The molecule has 3 nitrogen and oxygen atoms in total. The molecule has 0 aliphatic heterocycles. The van der Waals surface area contributed by atoms with Crippen molar-refractivity contribution in [2.45, 2.75) is 66.3 Å². The van der Waals surface area contributed by atoms with E-state index < -0.39 is 6.10 Å². The number of ether oxygens (including phenoxy) is 2. The third-order valence-corrected chi connectivity index (χ3v) is 2.80. The van der Waals surface area contributed by atoms with Crippen LogP contribution in [0.3, 0.4) is 0 Å². The van der Waals surface area contributed by atoms with Gasteiger partial charge in [-0.25, -0.2) is 0 Å². The maximum Gasteiger partial charge on any atom is 0.165 e. The zero-order valence-corrected chi connectivity index (χ0v) is 11.5. The fourth-order valence-corrected chi connectivity index (χ4v) is 1.61. The molecule has 0 aromatic carbocycles. The van der Waals surface area contributed by atoms with Gasteiger partial charge in [0.1, 0.15) is 0 Å². The lowest BCUT2D eigenvalue weighted by Gasteiger charge is -2.37. The third-order valence-electron chi connectivity index (χ3n) is 2.80. The van der Waals surface area contributed by atoms with Crippen LogP contribution in [0.5, 0.6) is 0 Å². The van der Waals surface area contributed by atoms with E-state index in [1.807, 2.05) is 20.8 Å². The summed E-state index contributed by atoms with van der Waals surface area (Å²) in [7, 11) is 0. The fraction of sp³-hybridized carbons (Fsp3) is 1.00. The first-order valence-electron chi connectivity index (χ1n) is 6.41. The summed E-state index contributed by atoms with van der Waals surface area (Å²) in [6.07, 6.45) is 1.93. The van der Waals surface area contributed by atoms with Crippen LogP contribution >= 0.6 is 0 Å². The normalized spacial score (nSPS) is 14.4. The van der Waals surface area contributed by atoms with E-state index in [-0.39, 0.29) is 11.7 Å². The highest BCUT2D eigenvalue weighted by molar-refractivity contribution is 4.80. The van der Waals surface area contributed by atoms with E-state index in [1.165, 1.54) is 0 Å². The van der Waals surface area contributed by atoms with Gasteiger partial charge in [0.25, 0.3) is 0 Å². The molecule has 0 spiro atoms. The van der Waals surface area contributed by atoms with Crippen LogP contribution in [-0.4, -0.2) is 30.7 Å². The molecule has 1 unspecified atom stereocenters. The van der Waals surface area contributed by atoms with Crippen molar-refractivity contribution in [3.63, 3.8) is 0 Å². The Bertz CT molecular complexity index is 161. The molecular weight excluding hydrogens is 204 g/mol. The second-order valence-electron chi connectivity index (χ2n) is 4.82. The topological polar surface area (TPSA) is 38.7 Å². The van der Waals surface area contributed by atoms with Crippen molar-refractivity contribution in [3.05, 3.63) is 0 Å².